The van der Waals surface area contributed by atoms with Gasteiger partial charge in [0.25, 0.3) is 0 Å². The first-order valence-electron chi connectivity index (χ1n) is 8.69. The minimum Gasteiger partial charge on any atom is -0.508 e. The summed E-state index contributed by atoms with van der Waals surface area (Å²) >= 11 is 0. The van der Waals surface area contributed by atoms with Gasteiger partial charge in [0.05, 0.1) is 5.39 Å². The molecule has 0 spiro atoms. The van der Waals surface area contributed by atoms with Crippen molar-refractivity contribution in [3.05, 3.63) is 105 Å². The van der Waals surface area contributed by atoms with Crippen molar-refractivity contribution < 1.29 is 14.6 Å². The second-order valence-electron chi connectivity index (χ2n) is 6.52. The van der Waals surface area contributed by atoms with Crippen molar-refractivity contribution in [2.75, 3.05) is 0 Å². The van der Waals surface area contributed by atoms with E-state index >= 15 is 0 Å². The van der Waals surface area contributed by atoms with Crippen LogP contribution in [0, 0.1) is 0 Å². The SMILES string of the molecule is O=c1c(Cc2ccccc2)c(Cc2ccc(O)cc2)oc2cc(O)ccc12. The minimum absolute atomic E-state index is 0.0528. The van der Waals surface area contributed by atoms with Crippen LogP contribution in [0.4, 0.5) is 0 Å². The summed E-state index contributed by atoms with van der Waals surface area (Å²) in [5.41, 5.74) is 2.83. The Morgan fingerprint density at radius 1 is 0.741 bits per heavy atom. The molecular weight excluding hydrogens is 340 g/mol. The fraction of sp³-hybridized carbons (Fsp3) is 0.0870. The zero-order valence-corrected chi connectivity index (χ0v) is 14.6. The lowest BCUT2D eigenvalue weighted by molar-refractivity contribution is 0.471. The summed E-state index contributed by atoms with van der Waals surface area (Å²) in [6, 6.07) is 21.1. The molecule has 0 atom stereocenters. The van der Waals surface area contributed by atoms with Crippen LogP contribution in [0.25, 0.3) is 11.0 Å². The van der Waals surface area contributed by atoms with Crippen molar-refractivity contribution >= 4 is 11.0 Å². The molecule has 1 aromatic heterocycles. The highest BCUT2D eigenvalue weighted by Gasteiger charge is 2.16. The molecule has 3 aromatic carbocycles. The van der Waals surface area contributed by atoms with E-state index in [1.165, 1.54) is 12.1 Å². The quantitative estimate of drug-likeness (QED) is 0.568. The van der Waals surface area contributed by atoms with E-state index in [0.29, 0.717) is 35.1 Å². The van der Waals surface area contributed by atoms with E-state index in [1.54, 1.807) is 30.3 Å². The molecular formula is C23H18O4. The highest BCUT2D eigenvalue weighted by molar-refractivity contribution is 5.79. The van der Waals surface area contributed by atoms with Gasteiger partial charge >= 0.3 is 0 Å². The standard InChI is InChI=1S/C23H18O4/c24-17-8-6-16(7-9-17)13-21-20(12-15-4-2-1-3-5-15)23(26)19-11-10-18(25)14-22(19)27-21/h1-11,14,24-25H,12-13H2. The Labute approximate surface area is 156 Å². The number of phenols is 2. The summed E-state index contributed by atoms with van der Waals surface area (Å²) < 4.78 is 6.04. The smallest absolute Gasteiger partial charge is 0.196 e. The largest absolute Gasteiger partial charge is 0.508 e. The summed E-state index contributed by atoms with van der Waals surface area (Å²) in [5, 5.41) is 19.7. The van der Waals surface area contributed by atoms with Gasteiger partial charge in [0.1, 0.15) is 22.8 Å². The Morgan fingerprint density at radius 2 is 1.41 bits per heavy atom. The van der Waals surface area contributed by atoms with E-state index in [1.807, 2.05) is 30.3 Å². The molecule has 1 heterocycles. The molecule has 0 aliphatic carbocycles. The van der Waals surface area contributed by atoms with E-state index in [2.05, 4.69) is 0 Å². The van der Waals surface area contributed by atoms with Crippen molar-refractivity contribution in [2.45, 2.75) is 12.8 Å². The van der Waals surface area contributed by atoms with Gasteiger partial charge < -0.3 is 14.6 Å². The zero-order valence-electron chi connectivity index (χ0n) is 14.6. The summed E-state index contributed by atoms with van der Waals surface area (Å²) in [6.45, 7) is 0. The molecule has 4 aromatic rings. The van der Waals surface area contributed by atoms with Crippen LogP contribution in [0.15, 0.2) is 82.0 Å². The van der Waals surface area contributed by atoms with Gasteiger partial charge in [0.15, 0.2) is 5.43 Å². The molecule has 0 amide bonds. The van der Waals surface area contributed by atoms with Gasteiger partial charge in [-0.1, -0.05) is 42.5 Å². The van der Waals surface area contributed by atoms with E-state index < -0.39 is 0 Å². The van der Waals surface area contributed by atoms with Crippen molar-refractivity contribution in [1.29, 1.82) is 0 Å². The van der Waals surface area contributed by atoms with Gasteiger partial charge in [-0.05, 0) is 35.4 Å². The van der Waals surface area contributed by atoms with E-state index in [0.717, 1.165) is 11.1 Å². The number of hydrogen-bond donors (Lipinski definition) is 2. The first-order valence-corrected chi connectivity index (χ1v) is 8.69. The van der Waals surface area contributed by atoms with Crippen molar-refractivity contribution in [3.63, 3.8) is 0 Å². The Hall–Kier alpha value is -3.53. The third-order valence-corrected chi connectivity index (χ3v) is 4.58. The molecule has 0 bridgehead atoms. The fourth-order valence-corrected chi connectivity index (χ4v) is 3.19. The van der Waals surface area contributed by atoms with Gasteiger partial charge in [-0.15, -0.1) is 0 Å². The molecule has 0 fully saturated rings. The van der Waals surface area contributed by atoms with Crippen LogP contribution in [-0.2, 0) is 12.8 Å². The van der Waals surface area contributed by atoms with E-state index in [4.69, 9.17) is 4.42 Å². The first kappa shape index (κ1) is 16.9. The summed E-state index contributed by atoms with van der Waals surface area (Å²) in [6.07, 6.45) is 0.886. The summed E-state index contributed by atoms with van der Waals surface area (Å²) in [7, 11) is 0. The maximum atomic E-state index is 13.1. The van der Waals surface area contributed by atoms with E-state index in [-0.39, 0.29) is 16.9 Å². The molecule has 134 valence electrons. The third-order valence-electron chi connectivity index (χ3n) is 4.58. The summed E-state index contributed by atoms with van der Waals surface area (Å²) in [5.74, 6) is 0.804. The van der Waals surface area contributed by atoms with Crippen molar-refractivity contribution in [2.24, 2.45) is 0 Å². The third kappa shape index (κ3) is 3.55. The molecule has 4 nitrogen and oxygen atoms in total. The first-order chi connectivity index (χ1) is 13.1. The van der Waals surface area contributed by atoms with Gasteiger partial charge in [-0.2, -0.15) is 0 Å². The molecule has 2 N–H and O–H groups in total. The Bertz CT molecular complexity index is 1140. The van der Waals surface area contributed by atoms with Crippen LogP contribution in [0.2, 0.25) is 0 Å². The Morgan fingerprint density at radius 3 is 2.15 bits per heavy atom. The monoisotopic (exact) mass is 358 g/mol. The van der Waals surface area contributed by atoms with Gasteiger partial charge in [0, 0.05) is 24.5 Å². The highest BCUT2D eigenvalue weighted by atomic mass is 16.3. The second kappa shape index (κ2) is 7.00. The van der Waals surface area contributed by atoms with Gasteiger partial charge in [-0.25, -0.2) is 0 Å². The summed E-state index contributed by atoms with van der Waals surface area (Å²) in [4.78, 5) is 13.1. The molecule has 0 aliphatic rings. The molecule has 0 aliphatic heterocycles. The number of benzene rings is 3. The lowest BCUT2D eigenvalue weighted by Crippen LogP contribution is -2.14. The predicted octanol–water partition coefficient (Wildman–Crippen LogP) is 4.39. The normalized spacial score (nSPS) is 11.0. The number of phenolic OH excluding ortho intramolecular Hbond substituents is 2. The lowest BCUT2D eigenvalue weighted by atomic mass is 9.98. The number of hydrogen-bond acceptors (Lipinski definition) is 4. The number of fused-ring (bicyclic) bond motifs is 1. The molecule has 0 saturated carbocycles. The molecule has 0 unspecified atom stereocenters. The van der Waals surface area contributed by atoms with Crippen LogP contribution in [0.1, 0.15) is 22.5 Å². The Balaban J connectivity index is 1.86. The number of rotatable bonds is 4. The van der Waals surface area contributed by atoms with Crippen LogP contribution < -0.4 is 5.43 Å². The maximum Gasteiger partial charge on any atom is 0.196 e. The van der Waals surface area contributed by atoms with Gasteiger partial charge in [-0.3, -0.25) is 4.79 Å². The fourth-order valence-electron chi connectivity index (χ4n) is 3.19. The van der Waals surface area contributed by atoms with Crippen LogP contribution in [-0.4, -0.2) is 10.2 Å². The molecule has 27 heavy (non-hydrogen) atoms. The van der Waals surface area contributed by atoms with E-state index in [9.17, 15) is 15.0 Å². The highest BCUT2D eigenvalue weighted by Crippen LogP contribution is 2.24. The van der Waals surface area contributed by atoms with Crippen LogP contribution >= 0.6 is 0 Å². The average molecular weight is 358 g/mol. The van der Waals surface area contributed by atoms with Crippen molar-refractivity contribution in [1.82, 2.24) is 0 Å². The molecule has 0 radical (unpaired) electrons. The van der Waals surface area contributed by atoms with Crippen LogP contribution in [0.5, 0.6) is 11.5 Å². The van der Waals surface area contributed by atoms with Crippen molar-refractivity contribution in [3.8, 4) is 11.5 Å². The Kier molecular flexibility index (Phi) is 4.38. The second-order valence-corrected chi connectivity index (χ2v) is 6.52. The number of aromatic hydroxyl groups is 2. The van der Waals surface area contributed by atoms with Crippen LogP contribution in [0.3, 0.4) is 0 Å². The zero-order chi connectivity index (χ0) is 18.8. The molecule has 4 rings (SSSR count). The topological polar surface area (TPSA) is 70.7 Å². The molecule has 4 heteroatoms. The van der Waals surface area contributed by atoms with Gasteiger partial charge in [0.2, 0.25) is 0 Å². The molecule has 0 saturated heterocycles. The lowest BCUT2D eigenvalue weighted by Gasteiger charge is -2.11. The minimum atomic E-state index is -0.0890. The maximum absolute atomic E-state index is 13.1. The average Bonchev–Trinajstić information content (AvgIpc) is 2.67. The predicted molar refractivity (Wildman–Crippen MR) is 104 cm³/mol.